The molecule has 1 aliphatic heterocycles. The highest BCUT2D eigenvalue weighted by atomic mass is 16.3. The lowest BCUT2D eigenvalue weighted by molar-refractivity contribution is -0.126. The van der Waals surface area contributed by atoms with Crippen molar-refractivity contribution in [1.29, 1.82) is 0 Å². The van der Waals surface area contributed by atoms with Crippen LogP contribution in [0.15, 0.2) is 60.8 Å². The molecule has 0 spiro atoms. The molecule has 1 N–H and O–H groups in total. The number of aliphatic hydroxyl groups excluding tert-OH is 1. The molecule has 1 atom stereocenters. The van der Waals surface area contributed by atoms with Gasteiger partial charge in [-0.05, 0) is 31.3 Å². The minimum atomic E-state index is -0.559. The van der Waals surface area contributed by atoms with Crippen molar-refractivity contribution in [2.75, 3.05) is 32.7 Å². The second-order valence-corrected chi connectivity index (χ2v) is 6.79. The van der Waals surface area contributed by atoms with Gasteiger partial charge in [-0.2, -0.15) is 0 Å². The van der Waals surface area contributed by atoms with Crippen molar-refractivity contribution in [3.8, 4) is 0 Å². The molecule has 2 aliphatic rings. The van der Waals surface area contributed by atoms with E-state index in [2.05, 4.69) is 30.7 Å². The SMILES string of the molecule is C=CCCN(CCC(=C)C=C)CC(O)CN1CC2=C(C=CCC2)C1=O.CC.CC. The van der Waals surface area contributed by atoms with Crippen LogP contribution in [0.25, 0.3) is 0 Å². The molecule has 0 aromatic heterocycles. The highest BCUT2D eigenvalue weighted by molar-refractivity contribution is 6.00. The summed E-state index contributed by atoms with van der Waals surface area (Å²) in [7, 11) is 0. The summed E-state index contributed by atoms with van der Waals surface area (Å²) in [6.45, 7) is 22.7. The molecule has 4 nitrogen and oxygen atoms in total. The second-order valence-electron chi connectivity index (χ2n) is 6.79. The zero-order valence-corrected chi connectivity index (χ0v) is 19.1. The molecule has 0 saturated heterocycles. The summed E-state index contributed by atoms with van der Waals surface area (Å²) in [5, 5.41) is 10.5. The zero-order valence-electron chi connectivity index (χ0n) is 19.1. The first-order valence-corrected chi connectivity index (χ1v) is 11.0. The van der Waals surface area contributed by atoms with Crippen molar-refractivity contribution in [3.63, 3.8) is 0 Å². The van der Waals surface area contributed by atoms with E-state index in [1.165, 1.54) is 5.57 Å². The van der Waals surface area contributed by atoms with E-state index in [0.29, 0.717) is 19.6 Å². The average Bonchev–Trinajstić information content (AvgIpc) is 3.08. The molecule has 1 heterocycles. The lowest BCUT2D eigenvalue weighted by Gasteiger charge is -2.27. The summed E-state index contributed by atoms with van der Waals surface area (Å²) in [5.41, 5.74) is 3.05. The molecule has 0 saturated carbocycles. The molecule has 164 valence electrons. The fourth-order valence-electron chi connectivity index (χ4n) is 3.30. The average molecular weight is 403 g/mol. The standard InChI is InChI=1S/C21H30N2O2.2C2H6/c1-4-6-12-22(13-11-17(3)5-2)15-19(24)16-23-14-18-9-7-8-10-20(18)21(23)25;2*1-2/h4-5,8,10,19,24H,1-3,6-7,9,11-16H2;2*1-2H3. The van der Waals surface area contributed by atoms with Gasteiger partial charge in [-0.15, -0.1) is 6.58 Å². The van der Waals surface area contributed by atoms with Gasteiger partial charge in [-0.3, -0.25) is 4.79 Å². The Balaban J connectivity index is 0.00000184. The summed E-state index contributed by atoms with van der Waals surface area (Å²) in [6, 6.07) is 0. The molecule has 1 unspecified atom stereocenters. The van der Waals surface area contributed by atoms with E-state index < -0.39 is 6.10 Å². The minimum absolute atomic E-state index is 0.0580. The number of allylic oxidation sites excluding steroid dienone is 2. The summed E-state index contributed by atoms with van der Waals surface area (Å²) >= 11 is 0. The van der Waals surface area contributed by atoms with E-state index in [0.717, 1.165) is 49.9 Å². The fourth-order valence-corrected chi connectivity index (χ4v) is 3.30. The zero-order chi connectivity index (χ0) is 22.2. The summed E-state index contributed by atoms with van der Waals surface area (Å²) in [5.74, 6) is 0.0580. The van der Waals surface area contributed by atoms with Crippen molar-refractivity contribution < 1.29 is 9.90 Å². The number of carbonyl (C=O) groups excluding carboxylic acids is 1. The lowest BCUT2D eigenvalue weighted by atomic mass is 10.0. The van der Waals surface area contributed by atoms with E-state index in [1.54, 1.807) is 11.0 Å². The normalized spacial score (nSPS) is 15.8. The Morgan fingerprint density at radius 3 is 2.55 bits per heavy atom. The Hall–Kier alpha value is -1.91. The molecule has 2 rings (SSSR count). The van der Waals surface area contributed by atoms with E-state index in [4.69, 9.17) is 0 Å². The van der Waals surface area contributed by atoms with Gasteiger partial charge in [-0.25, -0.2) is 0 Å². The highest BCUT2D eigenvalue weighted by Crippen LogP contribution is 2.27. The quantitative estimate of drug-likeness (QED) is 0.395. The second kappa shape index (κ2) is 15.9. The third-order valence-electron chi connectivity index (χ3n) is 4.76. The van der Waals surface area contributed by atoms with E-state index in [9.17, 15) is 9.90 Å². The van der Waals surface area contributed by atoms with E-state index >= 15 is 0 Å². The predicted octanol–water partition coefficient (Wildman–Crippen LogP) is 4.90. The Morgan fingerprint density at radius 1 is 1.28 bits per heavy atom. The van der Waals surface area contributed by atoms with Crippen LogP contribution >= 0.6 is 0 Å². The predicted molar refractivity (Wildman–Crippen MR) is 126 cm³/mol. The molecule has 0 aromatic carbocycles. The maximum Gasteiger partial charge on any atom is 0.254 e. The van der Waals surface area contributed by atoms with Crippen LogP contribution in [0.4, 0.5) is 0 Å². The van der Waals surface area contributed by atoms with Crippen molar-refractivity contribution >= 4 is 5.91 Å². The molecule has 1 aliphatic carbocycles. The molecular weight excluding hydrogens is 360 g/mol. The number of amides is 1. The fraction of sp³-hybridized carbons (Fsp3) is 0.560. The molecule has 0 bridgehead atoms. The molecule has 0 aromatic rings. The van der Waals surface area contributed by atoms with E-state index in [-0.39, 0.29) is 5.91 Å². The van der Waals surface area contributed by atoms with Crippen LogP contribution in [0.3, 0.4) is 0 Å². The van der Waals surface area contributed by atoms with Crippen LogP contribution in [-0.2, 0) is 4.79 Å². The van der Waals surface area contributed by atoms with Crippen molar-refractivity contribution in [2.24, 2.45) is 0 Å². The monoisotopic (exact) mass is 402 g/mol. The van der Waals surface area contributed by atoms with Gasteiger partial charge in [0, 0.05) is 38.3 Å². The van der Waals surface area contributed by atoms with Crippen LogP contribution in [-0.4, -0.2) is 59.6 Å². The summed E-state index contributed by atoms with van der Waals surface area (Å²) in [6.07, 6.45) is 10.8. The number of hydrogen-bond acceptors (Lipinski definition) is 3. The Kier molecular flexibility index (Phi) is 14.9. The van der Waals surface area contributed by atoms with Gasteiger partial charge in [0.05, 0.1) is 6.10 Å². The van der Waals surface area contributed by atoms with Crippen LogP contribution in [0.2, 0.25) is 0 Å². The number of β-amino-alcohol motifs (C(OH)–C–C–N with tert-alkyl or cyclic N) is 1. The first-order valence-electron chi connectivity index (χ1n) is 11.0. The van der Waals surface area contributed by atoms with Gasteiger partial charge in [0.2, 0.25) is 0 Å². The van der Waals surface area contributed by atoms with Gasteiger partial charge < -0.3 is 14.9 Å². The Bertz CT molecular complexity index is 590. The molecule has 29 heavy (non-hydrogen) atoms. The number of nitrogens with zero attached hydrogens (tertiary/aromatic N) is 2. The first-order chi connectivity index (χ1) is 14.0. The summed E-state index contributed by atoms with van der Waals surface area (Å²) < 4.78 is 0. The van der Waals surface area contributed by atoms with Gasteiger partial charge in [0.1, 0.15) is 0 Å². The smallest absolute Gasteiger partial charge is 0.254 e. The van der Waals surface area contributed by atoms with Crippen LogP contribution in [0.1, 0.15) is 53.4 Å². The molecule has 4 heteroatoms. The molecule has 0 radical (unpaired) electrons. The number of aliphatic hydroxyl groups is 1. The topological polar surface area (TPSA) is 43.8 Å². The van der Waals surface area contributed by atoms with Crippen molar-refractivity contribution in [3.05, 3.63) is 60.8 Å². The van der Waals surface area contributed by atoms with Crippen LogP contribution < -0.4 is 0 Å². The van der Waals surface area contributed by atoms with Crippen LogP contribution in [0.5, 0.6) is 0 Å². The van der Waals surface area contributed by atoms with Crippen LogP contribution in [0, 0.1) is 0 Å². The maximum absolute atomic E-state index is 12.4. The van der Waals surface area contributed by atoms with Crippen molar-refractivity contribution in [1.82, 2.24) is 9.80 Å². The van der Waals surface area contributed by atoms with Gasteiger partial charge in [-0.1, -0.05) is 70.7 Å². The minimum Gasteiger partial charge on any atom is -0.390 e. The third-order valence-corrected chi connectivity index (χ3v) is 4.76. The van der Waals surface area contributed by atoms with E-state index in [1.807, 2.05) is 39.8 Å². The number of carbonyl (C=O) groups is 1. The molecule has 1 amide bonds. The number of hydrogen-bond donors (Lipinski definition) is 1. The largest absolute Gasteiger partial charge is 0.390 e. The van der Waals surface area contributed by atoms with Gasteiger partial charge >= 0.3 is 0 Å². The van der Waals surface area contributed by atoms with Crippen molar-refractivity contribution in [2.45, 2.75) is 59.5 Å². The first kappa shape index (κ1) is 27.1. The third kappa shape index (κ3) is 9.42. The lowest BCUT2D eigenvalue weighted by Crippen LogP contribution is -2.42. The maximum atomic E-state index is 12.4. The molecular formula is C25H42N2O2. The van der Waals surface area contributed by atoms with Gasteiger partial charge in [0.25, 0.3) is 5.91 Å². The Morgan fingerprint density at radius 2 is 1.97 bits per heavy atom. The number of rotatable bonds is 11. The Labute approximate surface area is 179 Å². The summed E-state index contributed by atoms with van der Waals surface area (Å²) in [4.78, 5) is 16.4. The molecule has 0 fully saturated rings. The highest BCUT2D eigenvalue weighted by Gasteiger charge is 2.30. The van der Waals surface area contributed by atoms with Gasteiger partial charge in [0.15, 0.2) is 0 Å².